The van der Waals surface area contributed by atoms with Gasteiger partial charge in [0.1, 0.15) is 5.76 Å². The van der Waals surface area contributed by atoms with Gasteiger partial charge in [-0.25, -0.2) is 9.97 Å². The van der Waals surface area contributed by atoms with E-state index >= 15 is 0 Å². The molecular formula is C18H28IN7O. The molecule has 0 atom stereocenters. The fourth-order valence-corrected chi connectivity index (χ4v) is 3.13. The number of aliphatic imine (C=N–C) groups is 1. The van der Waals surface area contributed by atoms with Crippen molar-refractivity contribution in [3.63, 3.8) is 0 Å². The number of aryl methyl sites for hydroxylation is 2. The van der Waals surface area contributed by atoms with Crippen LogP contribution in [-0.4, -0.2) is 65.3 Å². The standard InChI is InChI=1S/C18H27N7O.HI/c1-4-19-17(22-9-6-16-14(2)23-26-15(16)3)24-10-12-25(13-11-24)18-20-7-5-8-21-18;/h5,7-8H,4,6,9-13H2,1-3H3,(H,19,22);1H. The van der Waals surface area contributed by atoms with Gasteiger partial charge in [-0.05, 0) is 33.3 Å². The van der Waals surface area contributed by atoms with E-state index in [9.17, 15) is 0 Å². The summed E-state index contributed by atoms with van der Waals surface area (Å²) in [6, 6.07) is 1.84. The maximum atomic E-state index is 5.23. The highest BCUT2D eigenvalue weighted by molar-refractivity contribution is 14.0. The molecule has 1 aliphatic rings. The minimum Gasteiger partial charge on any atom is -0.361 e. The molecule has 2 aromatic rings. The van der Waals surface area contributed by atoms with Crippen molar-refractivity contribution in [1.82, 2.24) is 25.3 Å². The van der Waals surface area contributed by atoms with Crippen LogP contribution in [0.2, 0.25) is 0 Å². The molecule has 0 unspecified atom stereocenters. The van der Waals surface area contributed by atoms with Crippen LogP contribution in [0.5, 0.6) is 0 Å². The first-order chi connectivity index (χ1) is 12.7. The lowest BCUT2D eigenvalue weighted by atomic mass is 10.1. The molecule has 0 aliphatic carbocycles. The summed E-state index contributed by atoms with van der Waals surface area (Å²) in [5, 5.41) is 7.41. The second-order valence-corrected chi connectivity index (χ2v) is 6.31. The Kier molecular flexibility index (Phi) is 8.26. The molecule has 3 heterocycles. The van der Waals surface area contributed by atoms with Crippen molar-refractivity contribution < 1.29 is 4.52 Å². The van der Waals surface area contributed by atoms with Crippen molar-refractivity contribution in [2.75, 3.05) is 44.2 Å². The van der Waals surface area contributed by atoms with E-state index in [1.54, 1.807) is 12.4 Å². The first-order valence-electron chi connectivity index (χ1n) is 9.16. The van der Waals surface area contributed by atoms with Crippen molar-refractivity contribution in [3.8, 4) is 0 Å². The molecule has 0 spiro atoms. The third-order valence-electron chi connectivity index (χ3n) is 4.55. The first kappa shape index (κ1) is 21.4. The highest BCUT2D eigenvalue weighted by Gasteiger charge is 2.21. The van der Waals surface area contributed by atoms with Gasteiger partial charge in [0.15, 0.2) is 5.96 Å². The molecule has 1 saturated heterocycles. The van der Waals surface area contributed by atoms with Crippen LogP contribution in [-0.2, 0) is 6.42 Å². The van der Waals surface area contributed by atoms with Gasteiger partial charge in [-0.3, -0.25) is 4.99 Å². The van der Waals surface area contributed by atoms with Crippen molar-refractivity contribution in [3.05, 3.63) is 35.5 Å². The number of hydrogen-bond donors (Lipinski definition) is 1. The number of piperazine rings is 1. The fraction of sp³-hybridized carbons (Fsp3) is 0.556. The molecule has 8 nitrogen and oxygen atoms in total. The second-order valence-electron chi connectivity index (χ2n) is 6.31. The lowest BCUT2D eigenvalue weighted by Gasteiger charge is -2.36. The summed E-state index contributed by atoms with van der Waals surface area (Å²) in [6.45, 7) is 11.2. The van der Waals surface area contributed by atoms with E-state index in [-0.39, 0.29) is 24.0 Å². The van der Waals surface area contributed by atoms with Crippen LogP contribution in [0.4, 0.5) is 5.95 Å². The summed E-state index contributed by atoms with van der Waals surface area (Å²) in [5.74, 6) is 2.65. The normalized spacial score (nSPS) is 14.9. The van der Waals surface area contributed by atoms with Gasteiger partial charge in [-0.1, -0.05) is 5.16 Å². The molecule has 0 aromatic carbocycles. The Morgan fingerprint density at radius 1 is 1.19 bits per heavy atom. The second kappa shape index (κ2) is 10.4. The van der Waals surface area contributed by atoms with Crippen molar-refractivity contribution in [1.29, 1.82) is 0 Å². The fourth-order valence-electron chi connectivity index (χ4n) is 3.13. The Bertz CT molecular complexity index is 707. The van der Waals surface area contributed by atoms with Crippen LogP contribution in [0.15, 0.2) is 28.0 Å². The Labute approximate surface area is 177 Å². The van der Waals surface area contributed by atoms with Gasteiger partial charge in [-0.15, -0.1) is 24.0 Å². The minimum absolute atomic E-state index is 0. The quantitative estimate of drug-likeness (QED) is 0.394. The first-order valence-corrected chi connectivity index (χ1v) is 9.16. The molecule has 3 rings (SSSR count). The monoisotopic (exact) mass is 485 g/mol. The Balaban J connectivity index is 0.00000261. The highest BCUT2D eigenvalue weighted by atomic mass is 127. The number of rotatable bonds is 5. The van der Waals surface area contributed by atoms with Crippen molar-refractivity contribution in [2.45, 2.75) is 27.2 Å². The summed E-state index contributed by atoms with van der Waals surface area (Å²) in [7, 11) is 0. The molecule has 0 amide bonds. The number of guanidine groups is 1. The highest BCUT2D eigenvalue weighted by Crippen LogP contribution is 2.13. The van der Waals surface area contributed by atoms with Gasteiger partial charge in [-0.2, -0.15) is 0 Å². The number of hydrogen-bond acceptors (Lipinski definition) is 6. The zero-order valence-corrected chi connectivity index (χ0v) is 18.5. The predicted molar refractivity (Wildman–Crippen MR) is 117 cm³/mol. The molecule has 0 bridgehead atoms. The zero-order chi connectivity index (χ0) is 18.4. The average Bonchev–Trinajstić information content (AvgIpc) is 3.00. The van der Waals surface area contributed by atoms with Gasteiger partial charge in [0.25, 0.3) is 0 Å². The Hall–Kier alpha value is -1.91. The number of anilines is 1. The smallest absolute Gasteiger partial charge is 0.225 e. The van der Waals surface area contributed by atoms with Crippen LogP contribution >= 0.6 is 24.0 Å². The molecule has 1 N–H and O–H groups in total. The number of aromatic nitrogens is 3. The lowest BCUT2D eigenvalue weighted by Crippen LogP contribution is -2.53. The van der Waals surface area contributed by atoms with E-state index < -0.39 is 0 Å². The van der Waals surface area contributed by atoms with E-state index in [4.69, 9.17) is 9.52 Å². The maximum Gasteiger partial charge on any atom is 0.225 e. The molecule has 27 heavy (non-hydrogen) atoms. The third kappa shape index (κ3) is 5.53. The van der Waals surface area contributed by atoms with Gasteiger partial charge in [0.2, 0.25) is 5.95 Å². The summed E-state index contributed by atoms with van der Waals surface area (Å²) in [5.41, 5.74) is 2.12. The topological polar surface area (TPSA) is 82.7 Å². The molecule has 1 aliphatic heterocycles. The van der Waals surface area contributed by atoms with Crippen LogP contribution in [0.1, 0.15) is 23.9 Å². The Morgan fingerprint density at radius 2 is 1.89 bits per heavy atom. The van der Waals surface area contributed by atoms with Crippen molar-refractivity contribution in [2.24, 2.45) is 4.99 Å². The summed E-state index contributed by atoms with van der Waals surface area (Å²) in [4.78, 5) is 18.0. The number of nitrogens with one attached hydrogen (secondary N) is 1. The van der Waals surface area contributed by atoms with E-state index in [1.807, 2.05) is 19.9 Å². The van der Waals surface area contributed by atoms with Crippen LogP contribution in [0.25, 0.3) is 0 Å². The van der Waals surface area contributed by atoms with Crippen LogP contribution in [0, 0.1) is 13.8 Å². The number of nitrogens with zero attached hydrogens (tertiary/aromatic N) is 6. The molecular weight excluding hydrogens is 457 g/mol. The van der Waals surface area contributed by atoms with Crippen LogP contribution in [0.3, 0.4) is 0 Å². The van der Waals surface area contributed by atoms with Gasteiger partial charge in [0, 0.05) is 57.2 Å². The average molecular weight is 485 g/mol. The summed E-state index contributed by atoms with van der Waals surface area (Å²) in [6.07, 6.45) is 4.41. The van der Waals surface area contributed by atoms with E-state index in [0.29, 0.717) is 6.54 Å². The lowest BCUT2D eigenvalue weighted by molar-refractivity contribution is 0.370. The minimum atomic E-state index is 0. The molecule has 9 heteroatoms. The third-order valence-corrected chi connectivity index (χ3v) is 4.55. The largest absolute Gasteiger partial charge is 0.361 e. The van der Waals surface area contributed by atoms with Crippen LogP contribution < -0.4 is 10.2 Å². The van der Waals surface area contributed by atoms with Crippen molar-refractivity contribution >= 4 is 35.9 Å². The van der Waals surface area contributed by atoms with E-state index in [1.165, 1.54) is 0 Å². The molecule has 148 valence electrons. The molecule has 2 aromatic heterocycles. The predicted octanol–water partition coefficient (Wildman–Crippen LogP) is 2.03. The van der Waals surface area contributed by atoms with Gasteiger partial charge >= 0.3 is 0 Å². The molecule has 0 radical (unpaired) electrons. The Morgan fingerprint density at radius 3 is 2.48 bits per heavy atom. The van der Waals surface area contributed by atoms with Gasteiger partial charge < -0.3 is 19.6 Å². The van der Waals surface area contributed by atoms with Gasteiger partial charge in [0.05, 0.1) is 5.69 Å². The van der Waals surface area contributed by atoms with E-state index in [0.717, 1.165) is 68.1 Å². The summed E-state index contributed by atoms with van der Waals surface area (Å²) >= 11 is 0. The zero-order valence-electron chi connectivity index (χ0n) is 16.2. The SMILES string of the molecule is CCNC(=NCCc1c(C)noc1C)N1CCN(c2ncccn2)CC1.I. The number of halogens is 1. The van der Waals surface area contributed by atoms with E-state index in [2.05, 4.69) is 37.2 Å². The summed E-state index contributed by atoms with van der Waals surface area (Å²) < 4.78 is 5.23. The molecule has 0 saturated carbocycles. The molecule has 1 fully saturated rings. The maximum absolute atomic E-state index is 5.23.